The van der Waals surface area contributed by atoms with E-state index in [0.717, 1.165) is 19.6 Å². The van der Waals surface area contributed by atoms with E-state index in [1.165, 1.54) is 12.0 Å². The van der Waals surface area contributed by atoms with Crippen LogP contribution in [0.2, 0.25) is 0 Å². The number of hydrogen-bond acceptors (Lipinski definition) is 7. The second kappa shape index (κ2) is 12.1. The number of aryl methyl sites for hydroxylation is 1. The van der Waals surface area contributed by atoms with E-state index >= 15 is 0 Å². The molecule has 9 heteroatoms. The number of carbonyl (C=O) groups excluding carboxylic acids is 3. The summed E-state index contributed by atoms with van der Waals surface area (Å²) in [7, 11) is 1.53. The van der Waals surface area contributed by atoms with Gasteiger partial charge < -0.3 is 29.4 Å². The number of carbonyl (C=O) groups is 3. The highest BCUT2D eigenvalue weighted by atomic mass is 16.5. The summed E-state index contributed by atoms with van der Waals surface area (Å²) in [6, 6.07) is 6.32. The Bertz CT molecular complexity index is 1190. The van der Waals surface area contributed by atoms with Gasteiger partial charge in [-0.05, 0) is 58.5 Å². The van der Waals surface area contributed by atoms with E-state index in [1.54, 1.807) is 45.0 Å². The maximum Gasteiger partial charge on any atom is 0.355 e. The van der Waals surface area contributed by atoms with Gasteiger partial charge in [0.1, 0.15) is 17.2 Å². The van der Waals surface area contributed by atoms with Gasteiger partial charge >= 0.3 is 5.97 Å². The Morgan fingerprint density at radius 2 is 1.81 bits per heavy atom. The van der Waals surface area contributed by atoms with Crippen LogP contribution in [-0.4, -0.2) is 77.4 Å². The lowest BCUT2D eigenvalue weighted by atomic mass is 9.93. The molecule has 2 aromatic rings. The van der Waals surface area contributed by atoms with E-state index in [4.69, 9.17) is 9.47 Å². The molecule has 2 N–H and O–H groups in total. The number of aromatic nitrogens is 1. The molecule has 1 aliphatic rings. The Morgan fingerprint density at radius 3 is 2.43 bits per heavy atom. The molecular formula is C28H37N3O6. The summed E-state index contributed by atoms with van der Waals surface area (Å²) in [5.74, 6) is -1.83. The number of likely N-dealkylation sites (tertiary alicyclic amines) is 1. The van der Waals surface area contributed by atoms with Gasteiger partial charge in [-0.3, -0.25) is 9.59 Å². The zero-order chi connectivity index (χ0) is 27.3. The molecule has 200 valence electrons. The minimum absolute atomic E-state index is 0.0297. The Balaban J connectivity index is 2.15. The fraction of sp³-hybridized carbons (Fsp3) is 0.464. The Morgan fingerprint density at radius 1 is 1.14 bits per heavy atom. The summed E-state index contributed by atoms with van der Waals surface area (Å²) in [6.07, 6.45) is 0.662. The Kier molecular flexibility index (Phi) is 9.15. The van der Waals surface area contributed by atoms with Crippen molar-refractivity contribution in [2.75, 3.05) is 39.9 Å². The van der Waals surface area contributed by atoms with E-state index in [0.29, 0.717) is 41.1 Å². The zero-order valence-electron chi connectivity index (χ0n) is 22.5. The van der Waals surface area contributed by atoms with Crippen molar-refractivity contribution in [2.45, 2.75) is 47.1 Å². The number of aromatic amines is 1. The lowest BCUT2D eigenvalue weighted by Crippen LogP contribution is -2.33. The second-order valence-electron chi connectivity index (χ2n) is 8.96. The van der Waals surface area contributed by atoms with Crippen molar-refractivity contribution >= 4 is 23.4 Å². The van der Waals surface area contributed by atoms with E-state index < -0.39 is 23.7 Å². The second-order valence-corrected chi connectivity index (χ2v) is 8.96. The molecule has 1 aromatic carbocycles. The summed E-state index contributed by atoms with van der Waals surface area (Å²) in [5, 5.41) is 11.6. The molecule has 9 nitrogen and oxygen atoms in total. The van der Waals surface area contributed by atoms with Crippen LogP contribution in [0.15, 0.2) is 29.8 Å². The highest BCUT2D eigenvalue weighted by Gasteiger charge is 2.47. The highest BCUT2D eigenvalue weighted by molar-refractivity contribution is 6.46. The Hall–Kier alpha value is -3.59. The molecule has 1 atom stereocenters. The van der Waals surface area contributed by atoms with Crippen molar-refractivity contribution in [2.24, 2.45) is 0 Å². The number of benzene rings is 1. The predicted molar refractivity (Wildman–Crippen MR) is 141 cm³/mol. The van der Waals surface area contributed by atoms with Gasteiger partial charge in [0.2, 0.25) is 0 Å². The molecule has 1 aliphatic heterocycles. The van der Waals surface area contributed by atoms with E-state index in [1.807, 2.05) is 0 Å². The third kappa shape index (κ3) is 5.41. The maximum absolute atomic E-state index is 13.4. The van der Waals surface area contributed by atoms with Gasteiger partial charge in [-0.1, -0.05) is 32.0 Å². The van der Waals surface area contributed by atoms with Crippen molar-refractivity contribution in [3.63, 3.8) is 0 Å². The zero-order valence-corrected chi connectivity index (χ0v) is 22.5. The molecule has 1 fully saturated rings. The van der Waals surface area contributed by atoms with Crippen LogP contribution >= 0.6 is 0 Å². The van der Waals surface area contributed by atoms with Crippen LogP contribution in [0.25, 0.3) is 5.76 Å². The molecule has 1 unspecified atom stereocenters. The minimum Gasteiger partial charge on any atom is -0.507 e. The smallest absolute Gasteiger partial charge is 0.355 e. The van der Waals surface area contributed by atoms with Crippen molar-refractivity contribution < 1.29 is 29.0 Å². The van der Waals surface area contributed by atoms with Crippen molar-refractivity contribution in [1.29, 1.82) is 0 Å². The predicted octanol–water partition coefficient (Wildman–Crippen LogP) is 3.97. The number of nitrogens with zero attached hydrogens (tertiary/aromatic N) is 2. The largest absolute Gasteiger partial charge is 0.507 e. The van der Waals surface area contributed by atoms with Gasteiger partial charge in [0.25, 0.3) is 11.7 Å². The number of ketones is 1. The molecule has 1 aromatic heterocycles. The van der Waals surface area contributed by atoms with E-state index in [9.17, 15) is 19.5 Å². The third-order valence-corrected chi connectivity index (χ3v) is 6.90. The van der Waals surface area contributed by atoms with Crippen LogP contribution < -0.4 is 4.74 Å². The highest BCUT2D eigenvalue weighted by Crippen LogP contribution is 2.43. The van der Waals surface area contributed by atoms with Gasteiger partial charge in [0, 0.05) is 23.4 Å². The number of nitrogens with one attached hydrogen (secondary N) is 1. The lowest BCUT2D eigenvalue weighted by molar-refractivity contribution is -0.140. The first-order valence-corrected chi connectivity index (χ1v) is 12.7. The number of aliphatic hydroxyl groups is 1. The molecule has 1 amide bonds. The summed E-state index contributed by atoms with van der Waals surface area (Å²) in [5.41, 5.74) is 2.01. The Labute approximate surface area is 218 Å². The van der Waals surface area contributed by atoms with E-state index in [2.05, 4.69) is 23.7 Å². The number of H-pyrrole nitrogens is 1. The lowest BCUT2D eigenvalue weighted by Gasteiger charge is -2.27. The fourth-order valence-corrected chi connectivity index (χ4v) is 4.98. The van der Waals surface area contributed by atoms with Gasteiger partial charge in [0.15, 0.2) is 0 Å². The number of para-hydroxylation sites is 1. The molecule has 3 rings (SSSR count). The van der Waals surface area contributed by atoms with E-state index in [-0.39, 0.29) is 23.6 Å². The van der Waals surface area contributed by atoms with Crippen LogP contribution in [0.1, 0.15) is 66.1 Å². The topological polar surface area (TPSA) is 112 Å². The average Bonchev–Trinajstić information content (AvgIpc) is 3.33. The molecule has 0 aliphatic carbocycles. The van der Waals surface area contributed by atoms with Crippen molar-refractivity contribution in [1.82, 2.24) is 14.8 Å². The fourth-order valence-electron chi connectivity index (χ4n) is 4.98. The van der Waals surface area contributed by atoms with Gasteiger partial charge in [0.05, 0.1) is 25.3 Å². The number of esters is 1. The monoisotopic (exact) mass is 511 g/mol. The number of rotatable bonds is 11. The standard InChI is InChI=1S/C28H37N3O6/c1-7-30(8-2)15-12-16-31-24(19-13-10-11-14-20(19)36-6)22(26(33)27(31)34)25(32)21-17(4)23(29-18(21)5)28(35)37-9-3/h10-11,13-14,24,29,32H,7-9,12,15-16H2,1-6H3/b25-22+. The molecule has 0 bridgehead atoms. The van der Waals surface area contributed by atoms with Crippen LogP contribution in [0, 0.1) is 13.8 Å². The number of hydrogen-bond donors (Lipinski definition) is 2. The first kappa shape index (κ1) is 28.0. The normalized spacial score (nSPS) is 17.1. The molecule has 2 heterocycles. The summed E-state index contributed by atoms with van der Waals surface area (Å²) in [6.45, 7) is 12.3. The molecule has 37 heavy (non-hydrogen) atoms. The first-order valence-electron chi connectivity index (χ1n) is 12.7. The number of Topliss-reactive ketones (excluding diaryl/α,β-unsaturated/α-hetero) is 1. The maximum atomic E-state index is 13.4. The van der Waals surface area contributed by atoms with Crippen molar-refractivity contribution in [3.05, 3.63) is 57.9 Å². The quantitative estimate of drug-likeness (QED) is 0.203. The SMILES string of the molecule is CCOC(=O)c1[nH]c(C)c(/C(O)=C2\C(=O)C(=O)N(CCCN(CC)CC)C2c2ccccc2OC)c1C. The molecular weight excluding hydrogens is 474 g/mol. The first-order chi connectivity index (χ1) is 17.7. The molecule has 1 saturated heterocycles. The number of ether oxygens (including phenoxy) is 2. The summed E-state index contributed by atoms with van der Waals surface area (Å²) in [4.78, 5) is 45.9. The third-order valence-electron chi connectivity index (χ3n) is 6.90. The molecule has 0 radical (unpaired) electrons. The van der Waals surface area contributed by atoms with Gasteiger partial charge in [-0.25, -0.2) is 4.79 Å². The molecule has 0 saturated carbocycles. The number of methoxy groups -OCH3 is 1. The van der Waals surface area contributed by atoms with Crippen molar-refractivity contribution in [3.8, 4) is 5.75 Å². The summed E-state index contributed by atoms with van der Waals surface area (Å²) < 4.78 is 10.7. The number of aliphatic hydroxyl groups excluding tert-OH is 1. The van der Waals surface area contributed by atoms with Crippen LogP contribution in [0.5, 0.6) is 5.75 Å². The minimum atomic E-state index is -0.840. The molecule has 0 spiro atoms. The van der Waals surface area contributed by atoms with Gasteiger partial charge in [-0.2, -0.15) is 0 Å². The average molecular weight is 512 g/mol. The summed E-state index contributed by atoms with van der Waals surface area (Å²) >= 11 is 0. The van der Waals surface area contributed by atoms with Crippen LogP contribution in [0.4, 0.5) is 0 Å². The number of amides is 1. The van der Waals surface area contributed by atoms with Gasteiger partial charge in [-0.15, -0.1) is 0 Å². The van der Waals surface area contributed by atoms with Crippen LogP contribution in [-0.2, 0) is 14.3 Å². The van der Waals surface area contributed by atoms with Crippen LogP contribution in [0.3, 0.4) is 0 Å².